The summed E-state index contributed by atoms with van der Waals surface area (Å²) in [6.07, 6.45) is 1.43. The van der Waals surface area contributed by atoms with Gasteiger partial charge in [0.2, 0.25) is 0 Å². The molecule has 31 heavy (non-hydrogen) atoms. The highest BCUT2D eigenvalue weighted by Gasteiger charge is 2.31. The van der Waals surface area contributed by atoms with Crippen LogP contribution in [0, 0.1) is 0 Å². The fraction of sp³-hybridized carbons (Fsp3) is 0.429. The summed E-state index contributed by atoms with van der Waals surface area (Å²) < 4.78 is 34.2. The number of nitrogens with zero attached hydrogens (tertiary/aromatic N) is 3. The van der Waals surface area contributed by atoms with Crippen molar-refractivity contribution in [2.24, 2.45) is 0 Å². The van der Waals surface area contributed by atoms with Crippen LogP contribution in [0.3, 0.4) is 0 Å². The third-order valence-electron chi connectivity index (χ3n) is 5.78. The van der Waals surface area contributed by atoms with Gasteiger partial charge in [0.25, 0.3) is 10.0 Å². The van der Waals surface area contributed by atoms with Crippen LogP contribution in [-0.4, -0.2) is 60.2 Å². The summed E-state index contributed by atoms with van der Waals surface area (Å²) in [6, 6.07) is 8.41. The van der Waals surface area contributed by atoms with Gasteiger partial charge in [-0.3, -0.25) is 4.31 Å². The Bertz CT molecular complexity index is 1060. The van der Waals surface area contributed by atoms with Crippen LogP contribution in [0.2, 0.25) is 10.0 Å². The molecule has 0 unspecified atom stereocenters. The number of piperazine rings is 1. The normalized spacial score (nSPS) is 17.2. The van der Waals surface area contributed by atoms with E-state index in [4.69, 9.17) is 27.9 Å². The molecule has 2 aromatic carbocycles. The lowest BCUT2D eigenvalue weighted by Crippen LogP contribution is -2.44. The lowest BCUT2D eigenvalue weighted by atomic mass is 10.0. The average molecular weight is 507 g/mol. The monoisotopic (exact) mass is 505 g/mol. The minimum atomic E-state index is -3.78. The van der Waals surface area contributed by atoms with E-state index in [1.165, 1.54) is 4.31 Å². The number of methoxy groups -OCH3 is 1. The lowest BCUT2D eigenvalue weighted by Gasteiger charge is -2.35. The third-order valence-corrected chi connectivity index (χ3v) is 8.14. The molecule has 0 aromatic heterocycles. The Morgan fingerprint density at radius 2 is 1.68 bits per heavy atom. The Balaban J connectivity index is 0.00000272. The molecule has 0 saturated carbocycles. The van der Waals surface area contributed by atoms with E-state index in [0.717, 1.165) is 43.9 Å². The molecule has 0 atom stereocenters. The van der Waals surface area contributed by atoms with Crippen molar-refractivity contribution in [2.75, 3.05) is 56.1 Å². The van der Waals surface area contributed by atoms with Crippen molar-refractivity contribution in [3.05, 3.63) is 45.9 Å². The van der Waals surface area contributed by atoms with E-state index in [2.05, 4.69) is 16.8 Å². The van der Waals surface area contributed by atoms with Crippen LogP contribution in [0.4, 0.5) is 11.4 Å². The summed E-state index contributed by atoms with van der Waals surface area (Å²) >= 11 is 12.5. The maximum atomic E-state index is 13.6. The van der Waals surface area contributed by atoms with Crippen LogP contribution in [0.25, 0.3) is 0 Å². The fourth-order valence-electron chi connectivity index (χ4n) is 4.08. The third kappa shape index (κ3) is 4.71. The van der Waals surface area contributed by atoms with Crippen molar-refractivity contribution in [3.63, 3.8) is 0 Å². The molecule has 1 fully saturated rings. The molecule has 2 aliphatic heterocycles. The summed E-state index contributed by atoms with van der Waals surface area (Å²) in [5.41, 5.74) is 2.19. The van der Waals surface area contributed by atoms with E-state index in [1.807, 2.05) is 0 Å². The number of likely N-dealkylation sites (N-methyl/N-ethyl adjacent to an activating group) is 1. The van der Waals surface area contributed by atoms with Gasteiger partial charge in [0.1, 0.15) is 5.75 Å². The van der Waals surface area contributed by atoms with Crippen LogP contribution < -0.4 is 13.9 Å². The molecule has 0 aliphatic carbocycles. The predicted molar refractivity (Wildman–Crippen MR) is 129 cm³/mol. The van der Waals surface area contributed by atoms with Gasteiger partial charge in [-0.05, 0) is 55.8 Å². The van der Waals surface area contributed by atoms with Crippen LogP contribution in [-0.2, 0) is 16.4 Å². The van der Waals surface area contributed by atoms with E-state index >= 15 is 0 Å². The molecular formula is C21H26Cl3N3O3S. The molecule has 0 radical (unpaired) electrons. The Morgan fingerprint density at radius 3 is 2.35 bits per heavy atom. The van der Waals surface area contributed by atoms with Gasteiger partial charge in [-0.15, -0.1) is 12.4 Å². The average Bonchev–Trinajstić information content (AvgIpc) is 2.73. The highest BCUT2D eigenvalue weighted by Crippen LogP contribution is 2.40. The van der Waals surface area contributed by atoms with Gasteiger partial charge >= 0.3 is 0 Å². The van der Waals surface area contributed by atoms with E-state index in [9.17, 15) is 8.42 Å². The molecule has 0 N–H and O–H groups in total. The zero-order valence-electron chi connectivity index (χ0n) is 17.5. The molecule has 10 heteroatoms. The van der Waals surface area contributed by atoms with Crippen LogP contribution in [0.5, 0.6) is 5.75 Å². The Hall–Kier alpha value is -1.38. The molecule has 2 aromatic rings. The minimum Gasteiger partial charge on any atom is -0.495 e. The molecular weight excluding hydrogens is 481 g/mol. The van der Waals surface area contributed by atoms with Crippen molar-refractivity contribution in [1.82, 2.24) is 4.90 Å². The van der Waals surface area contributed by atoms with Gasteiger partial charge in [-0.2, -0.15) is 0 Å². The molecule has 0 bridgehead atoms. The molecule has 2 heterocycles. The number of fused-ring (bicyclic) bond motifs is 1. The van der Waals surface area contributed by atoms with E-state index in [0.29, 0.717) is 34.4 Å². The Kier molecular flexibility index (Phi) is 7.54. The molecule has 0 spiro atoms. The first-order valence-electron chi connectivity index (χ1n) is 9.93. The molecule has 4 rings (SSSR count). The van der Waals surface area contributed by atoms with Crippen LogP contribution in [0.15, 0.2) is 35.2 Å². The molecule has 170 valence electrons. The number of halogens is 3. The number of ether oxygens (including phenoxy) is 1. The Morgan fingerprint density at radius 1 is 0.968 bits per heavy atom. The van der Waals surface area contributed by atoms with E-state index in [-0.39, 0.29) is 17.3 Å². The summed E-state index contributed by atoms with van der Waals surface area (Å²) in [6.45, 7) is 3.84. The maximum Gasteiger partial charge on any atom is 0.264 e. The summed E-state index contributed by atoms with van der Waals surface area (Å²) in [4.78, 5) is 4.67. The molecule has 1 saturated heterocycles. The molecule has 2 aliphatic rings. The number of hydrogen-bond donors (Lipinski definition) is 0. The standard InChI is InChI=1S/C21H25Cl2N3O3S.ClH/c1-24-8-10-25(11-9-24)20-14-16(5-6-21(20)29-2)30(27,28)26-7-3-4-17-18(23)12-15(22)13-19(17)26;/h5-6,12-14H,3-4,7-11H2,1-2H3;1H. The number of sulfonamides is 1. The number of anilines is 2. The van der Waals surface area contributed by atoms with Gasteiger partial charge in [-0.1, -0.05) is 23.2 Å². The Labute approximate surface area is 200 Å². The van der Waals surface area contributed by atoms with Crippen molar-refractivity contribution in [1.29, 1.82) is 0 Å². The lowest BCUT2D eigenvalue weighted by molar-refractivity contribution is 0.311. The summed E-state index contributed by atoms with van der Waals surface area (Å²) in [5, 5.41) is 0.930. The molecule has 6 nitrogen and oxygen atoms in total. The second-order valence-corrected chi connectivity index (χ2v) is 10.4. The highest BCUT2D eigenvalue weighted by molar-refractivity contribution is 7.92. The van der Waals surface area contributed by atoms with Gasteiger partial charge in [0.15, 0.2) is 0 Å². The van der Waals surface area contributed by atoms with Gasteiger partial charge in [0, 0.05) is 42.8 Å². The van der Waals surface area contributed by atoms with E-state index < -0.39 is 10.0 Å². The van der Waals surface area contributed by atoms with Gasteiger partial charge in [0.05, 0.1) is 23.4 Å². The maximum absolute atomic E-state index is 13.6. The van der Waals surface area contributed by atoms with E-state index in [1.54, 1.807) is 37.4 Å². The van der Waals surface area contributed by atoms with Crippen LogP contribution >= 0.6 is 35.6 Å². The zero-order chi connectivity index (χ0) is 21.5. The minimum absolute atomic E-state index is 0. The zero-order valence-corrected chi connectivity index (χ0v) is 20.6. The number of benzene rings is 2. The number of hydrogen-bond acceptors (Lipinski definition) is 5. The fourth-order valence-corrected chi connectivity index (χ4v) is 6.20. The number of rotatable bonds is 4. The first-order chi connectivity index (χ1) is 14.3. The van der Waals surface area contributed by atoms with Crippen molar-refractivity contribution >= 4 is 57.0 Å². The predicted octanol–water partition coefficient (Wildman–Crippen LogP) is 4.32. The van der Waals surface area contributed by atoms with Crippen LogP contribution in [0.1, 0.15) is 12.0 Å². The van der Waals surface area contributed by atoms with Crippen molar-refractivity contribution in [3.8, 4) is 5.75 Å². The molecule has 0 amide bonds. The summed E-state index contributed by atoms with van der Waals surface area (Å²) in [7, 11) is -0.0945. The second-order valence-electron chi connectivity index (χ2n) is 7.69. The summed E-state index contributed by atoms with van der Waals surface area (Å²) in [5.74, 6) is 0.670. The SMILES string of the molecule is COc1ccc(S(=O)(=O)N2CCCc3c(Cl)cc(Cl)cc32)cc1N1CCN(C)CC1.Cl. The topological polar surface area (TPSA) is 53.1 Å². The van der Waals surface area contributed by atoms with Gasteiger partial charge in [-0.25, -0.2) is 8.42 Å². The quantitative estimate of drug-likeness (QED) is 0.618. The first-order valence-corrected chi connectivity index (χ1v) is 12.1. The van der Waals surface area contributed by atoms with Gasteiger partial charge < -0.3 is 14.5 Å². The van der Waals surface area contributed by atoms with Crippen molar-refractivity contribution < 1.29 is 13.2 Å². The van der Waals surface area contributed by atoms with Crippen molar-refractivity contribution in [2.45, 2.75) is 17.7 Å². The first kappa shape index (κ1) is 24.3. The second kappa shape index (κ2) is 9.63. The highest BCUT2D eigenvalue weighted by atomic mass is 35.5. The largest absolute Gasteiger partial charge is 0.495 e. The smallest absolute Gasteiger partial charge is 0.264 e.